The third-order valence-electron chi connectivity index (χ3n) is 2.54. The third kappa shape index (κ3) is 3.97. The van der Waals surface area contributed by atoms with Crippen LogP contribution in [0.1, 0.15) is 27.2 Å². The van der Waals surface area contributed by atoms with Crippen LogP contribution in [0.2, 0.25) is 0 Å². The molecule has 0 saturated heterocycles. The molecule has 1 N–H and O–H groups in total. The van der Waals surface area contributed by atoms with Gasteiger partial charge >= 0.3 is 5.97 Å². The third-order valence-corrected chi connectivity index (χ3v) is 4.67. The van der Waals surface area contributed by atoms with Gasteiger partial charge in [0.15, 0.2) is 0 Å². The van der Waals surface area contributed by atoms with Crippen LogP contribution in [0.4, 0.5) is 4.39 Å². The number of carboxylic acid groups (broad SMARTS) is 1. The average Bonchev–Trinajstić information content (AvgIpc) is 2.26. The average molecular weight is 304 g/mol. The van der Waals surface area contributed by atoms with Crippen LogP contribution in [-0.4, -0.2) is 40.9 Å². The number of aromatic nitrogens is 1. The summed E-state index contributed by atoms with van der Waals surface area (Å²) in [5.41, 5.74) is -0.833. The van der Waals surface area contributed by atoms with Gasteiger partial charge in [-0.2, -0.15) is 4.31 Å². The smallest absolute Gasteiger partial charge is 0.304 e. The second kappa shape index (κ2) is 5.84. The molecule has 6 nitrogen and oxygen atoms in total. The molecular weight excluding hydrogens is 287 g/mol. The van der Waals surface area contributed by atoms with E-state index in [0.717, 1.165) is 22.8 Å². The maximum Gasteiger partial charge on any atom is 0.304 e. The van der Waals surface area contributed by atoms with E-state index in [1.165, 1.54) is 0 Å². The zero-order valence-electron chi connectivity index (χ0n) is 11.5. The fourth-order valence-electron chi connectivity index (χ4n) is 1.67. The number of aliphatic carboxylic acids is 1. The van der Waals surface area contributed by atoms with Gasteiger partial charge in [-0.1, -0.05) is 0 Å². The molecule has 0 atom stereocenters. The number of sulfonamides is 1. The lowest BCUT2D eigenvalue weighted by Crippen LogP contribution is -2.46. The zero-order chi connectivity index (χ0) is 15.6. The van der Waals surface area contributed by atoms with Crippen LogP contribution in [0.15, 0.2) is 23.4 Å². The summed E-state index contributed by atoms with van der Waals surface area (Å²) in [7, 11) is -4.01. The van der Waals surface area contributed by atoms with Gasteiger partial charge in [-0.25, -0.2) is 12.8 Å². The molecule has 0 aliphatic heterocycles. The van der Waals surface area contributed by atoms with Crippen molar-refractivity contribution in [2.75, 3.05) is 6.54 Å². The fourth-order valence-corrected chi connectivity index (χ4v) is 3.44. The number of carboxylic acids is 1. The Labute approximate surface area is 117 Å². The molecule has 8 heteroatoms. The lowest BCUT2D eigenvalue weighted by atomic mass is 10.1. The number of pyridine rings is 1. The van der Waals surface area contributed by atoms with Gasteiger partial charge in [0.1, 0.15) is 10.7 Å². The molecule has 0 aliphatic carbocycles. The lowest BCUT2D eigenvalue weighted by molar-refractivity contribution is -0.137. The van der Waals surface area contributed by atoms with Gasteiger partial charge in [0.05, 0.1) is 12.6 Å². The first kappa shape index (κ1) is 16.5. The molecule has 0 aliphatic rings. The van der Waals surface area contributed by atoms with Crippen molar-refractivity contribution >= 4 is 16.0 Å². The summed E-state index contributed by atoms with van der Waals surface area (Å²) in [6.07, 6.45) is 1.61. The molecule has 1 heterocycles. The molecule has 0 bridgehead atoms. The molecule has 0 aromatic carbocycles. The van der Waals surface area contributed by atoms with Crippen molar-refractivity contribution in [3.63, 3.8) is 0 Å². The molecule has 0 spiro atoms. The van der Waals surface area contributed by atoms with Gasteiger partial charge in [0.25, 0.3) is 0 Å². The van der Waals surface area contributed by atoms with E-state index < -0.39 is 27.3 Å². The van der Waals surface area contributed by atoms with Crippen molar-refractivity contribution in [1.82, 2.24) is 9.29 Å². The van der Waals surface area contributed by atoms with E-state index in [4.69, 9.17) is 5.11 Å². The van der Waals surface area contributed by atoms with Crippen LogP contribution in [0.5, 0.6) is 0 Å². The second-order valence-corrected chi connectivity index (χ2v) is 7.09. The highest BCUT2D eigenvalue weighted by molar-refractivity contribution is 7.89. The first-order chi connectivity index (χ1) is 9.05. The summed E-state index contributed by atoms with van der Waals surface area (Å²) in [5.74, 6) is -1.87. The molecule has 112 valence electrons. The van der Waals surface area contributed by atoms with Crippen molar-refractivity contribution in [3.8, 4) is 0 Å². The molecule has 0 unspecified atom stereocenters. The highest BCUT2D eigenvalue weighted by Gasteiger charge is 2.34. The van der Waals surface area contributed by atoms with Crippen LogP contribution in [-0.2, 0) is 14.8 Å². The molecule has 20 heavy (non-hydrogen) atoms. The van der Waals surface area contributed by atoms with Crippen molar-refractivity contribution < 1.29 is 22.7 Å². The van der Waals surface area contributed by atoms with Crippen LogP contribution in [0.25, 0.3) is 0 Å². The van der Waals surface area contributed by atoms with E-state index in [2.05, 4.69) is 4.98 Å². The summed E-state index contributed by atoms with van der Waals surface area (Å²) in [6, 6.07) is 0.863. The van der Waals surface area contributed by atoms with E-state index in [-0.39, 0.29) is 17.9 Å². The van der Waals surface area contributed by atoms with E-state index in [9.17, 15) is 17.6 Å². The molecule has 0 saturated carbocycles. The Hall–Kier alpha value is -1.54. The summed E-state index contributed by atoms with van der Waals surface area (Å²) < 4.78 is 39.1. The maximum atomic E-state index is 13.1. The van der Waals surface area contributed by atoms with Crippen LogP contribution in [0.3, 0.4) is 0 Å². The van der Waals surface area contributed by atoms with E-state index in [0.29, 0.717) is 0 Å². The minimum absolute atomic E-state index is 0.197. The van der Waals surface area contributed by atoms with Crippen LogP contribution in [0, 0.1) is 5.82 Å². The Kier molecular flexibility index (Phi) is 4.82. The summed E-state index contributed by atoms with van der Waals surface area (Å²) in [4.78, 5) is 13.9. The summed E-state index contributed by atoms with van der Waals surface area (Å²) in [5, 5.41) is 8.71. The molecule has 1 rings (SSSR count). The Morgan fingerprint density at radius 2 is 2.00 bits per heavy atom. The zero-order valence-corrected chi connectivity index (χ0v) is 12.3. The first-order valence-electron chi connectivity index (χ1n) is 5.90. The van der Waals surface area contributed by atoms with Gasteiger partial charge < -0.3 is 5.11 Å². The summed E-state index contributed by atoms with van der Waals surface area (Å²) >= 11 is 0. The number of hydrogen-bond donors (Lipinski definition) is 1. The molecule has 1 aromatic rings. The topological polar surface area (TPSA) is 87.6 Å². The SMILES string of the molecule is CC(C)(C)N(CCC(=O)O)S(=O)(=O)c1cncc(F)c1. The van der Waals surface area contributed by atoms with Crippen molar-refractivity contribution in [2.24, 2.45) is 0 Å². The van der Waals surface area contributed by atoms with Crippen molar-refractivity contribution in [2.45, 2.75) is 37.6 Å². The van der Waals surface area contributed by atoms with E-state index in [1.54, 1.807) is 20.8 Å². The molecule has 0 amide bonds. The Morgan fingerprint density at radius 1 is 1.40 bits per heavy atom. The molecule has 0 fully saturated rings. The number of carbonyl (C=O) groups is 1. The predicted octanol–water partition coefficient (Wildman–Crippen LogP) is 1.48. The van der Waals surface area contributed by atoms with Gasteiger partial charge in [-0.05, 0) is 26.8 Å². The fraction of sp³-hybridized carbons (Fsp3) is 0.500. The number of rotatable bonds is 5. The van der Waals surface area contributed by atoms with Gasteiger partial charge in [0, 0.05) is 18.3 Å². The highest BCUT2D eigenvalue weighted by Crippen LogP contribution is 2.24. The molecule has 1 aromatic heterocycles. The van der Waals surface area contributed by atoms with E-state index >= 15 is 0 Å². The number of nitrogens with zero attached hydrogens (tertiary/aromatic N) is 2. The maximum absolute atomic E-state index is 13.1. The Morgan fingerprint density at radius 3 is 2.45 bits per heavy atom. The second-order valence-electron chi connectivity index (χ2n) is 5.23. The normalized spacial score (nSPS) is 12.7. The lowest BCUT2D eigenvalue weighted by Gasteiger charge is -2.34. The number of halogens is 1. The largest absolute Gasteiger partial charge is 0.481 e. The highest BCUT2D eigenvalue weighted by atomic mass is 32.2. The van der Waals surface area contributed by atoms with Crippen LogP contribution < -0.4 is 0 Å². The minimum atomic E-state index is -4.01. The van der Waals surface area contributed by atoms with Gasteiger partial charge in [-0.15, -0.1) is 0 Å². The number of hydrogen-bond acceptors (Lipinski definition) is 4. The molecule has 0 radical (unpaired) electrons. The summed E-state index contributed by atoms with van der Waals surface area (Å²) in [6.45, 7) is 4.72. The van der Waals surface area contributed by atoms with Crippen molar-refractivity contribution in [3.05, 3.63) is 24.3 Å². The Bertz CT molecular complexity index is 596. The Balaban J connectivity index is 3.21. The molecular formula is C12H17FN2O4S. The quantitative estimate of drug-likeness (QED) is 0.890. The predicted molar refractivity (Wildman–Crippen MR) is 70.1 cm³/mol. The van der Waals surface area contributed by atoms with Gasteiger partial charge in [-0.3, -0.25) is 9.78 Å². The van der Waals surface area contributed by atoms with Crippen molar-refractivity contribution in [1.29, 1.82) is 0 Å². The minimum Gasteiger partial charge on any atom is -0.481 e. The van der Waals surface area contributed by atoms with Crippen LogP contribution >= 0.6 is 0 Å². The monoisotopic (exact) mass is 304 g/mol. The first-order valence-corrected chi connectivity index (χ1v) is 7.34. The standard InChI is InChI=1S/C12H17FN2O4S/c1-12(2,3)15(5-4-11(16)17)20(18,19)10-6-9(13)7-14-8-10/h6-8H,4-5H2,1-3H3,(H,16,17). The van der Waals surface area contributed by atoms with Gasteiger partial charge in [0.2, 0.25) is 10.0 Å². The van der Waals surface area contributed by atoms with E-state index in [1.807, 2.05) is 0 Å².